The smallest absolute Gasteiger partial charge is 0.273 e. The van der Waals surface area contributed by atoms with E-state index < -0.39 is 0 Å². The molecule has 0 aliphatic carbocycles. The van der Waals surface area contributed by atoms with E-state index in [-0.39, 0.29) is 17.5 Å². The van der Waals surface area contributed by atoms with E-state index in [2.05, 4.69) is 51.7 Å². The van der Waals surface area contributed by atoms with Crippen LogP contribution < -0.4 is 5.32 Å². The second kappa shape index (κ2) is 7.10. The van der Waals surface area contributed by atoms with Crippen LogP contribution in [-0.4, -0.2) is 35.1 Å². The first-order valence-corrected chi connectivity index (χ1v) is 9.38. The van der Waals surface area contributed by atoms with Gasteiger partial charge in [0.25, 0.3) is 5.91 Å². The maximum absolute atomic E-state index is 13.3. The summed E-state index contributed by atoms with van der Waals surface area (Å²) in [5.41, 5.74) is 3.61. The SMILES string of the molecule is C=CCN1C(=O)C2=NC(C)(C)CNC(CC(C)C)=C2C1c1ccccc1. The summed E-state index contributed by atoms with van der Waals surface area (Å²) in [5, 5.41) is 3.62. The first kappa shape index (κ1) is 18.4. The molecule has 2 heterocycles. The Kier molecular flexibility index (Phi) is 5.03. The maximum Gasteiger partial charge on any atom is 0.273 e. The van der Waals surface area contributed by atoms with Gasteiger partial charge >= 0.3 is 0 Å². The summed E-state index contributed by atoms with van der Waals surface area (Å²) in [6, 6.07) is 10.1. The zero-order valence-corrected chi connectivity index (χ0v) is 16.2. The Labute approximate surface area is 156 Å². The predicted octanol–water partition coefficient (Wildman–Crippen LogP) is 3.88. The summed E-state index contributed by atoms with van der Waals surface area (Å²) in [7, 11) is 0. The van der Waals surface area contributed by atoms with Gasteiger partial charge in [0.05, 0.1) is 11.6 Å². The third kappa shape index (κ3) is 3.46. The van der Waals surface area contributed by atoms with E-state index in [0.29, 0.717) is 18.2 Å². The fourth-order valence-corrected chi connectivity index (χ4v) is 3.73. The van der Waals surface area contributed by atoms with Gasteiger partial charge in [-0.15, -0.1) is 6.58 Å². The molecule has 2 aliphatic heterocycles. The summed E-state index contributed by atoms with van der Waals surface area (Å²) in [4.78, 5) is 20.0. The standard InChI is InChI=1S/C22H29N3O/c1-6-12-25-20(16-10-8-7-9-11-16)18-17(13-15(2)3)23-14-22(4,5)24-19(18)21(25)26/h6-11,15,20,23H,1,12-14H2,2-5H3. The number of hydrogen-bond acceptors (Lipinski definition) is 3. The number of benzene rings is 1. The topological polar surface area (TPSA) is 44.7 Å². The highest BCUT2D eigenvalue weighted by molar-refractivity contribution is 6.48. The minimum Gasteiger partial charge on any atom is -0.386 e. The lowest BCUT2D eigenvalue weighted by molar-refractivity contribution is -0.123. The van der Waals surface area contributed by atoms with Gasteiger partial charge in [-0.25, -0.2) is 0 Å². The number of aliphatic imine (C=N–C) groups is 1. The molecule has 0 radical (unpaired) electrons. The van der Waals surface area contributed by atoms with Gasteiger partial charge in [0.15, 0.2) is 0 Å². The molecule has 1 unspecified atom stereocenters. The molecule has 2 aliphatic rings. The molecule has 0 aromatic heterocycles. The minimum atomic E-state index is -0.319. The zero-order chi connectivity index (χ0) is 18.9. The van der Waals surface area contributed by atoms with Gasteiger partial charge in [0.2, 0.25) is 0 Å². The molecule has 1 atom stereocenters. The Bertz CT molecular complexity index is 759. The average Bonchev–Trinajstić information content (AvgIpc) is 2.76. The van der Waals surface area contributed by atoms with Crippen LogP contribution in [0, 0.1) is 5.92 Å². The van der Waals surface area contributed by atoms with Crippen LogP contribution in [0.25, 0.3) is 0 Å². The number of hydrogen-bond donors (Lipinski definition) is 1. The van der Waals surface area contributed by atoms with Crippen molar-refractivity contribution < 1.29 is 4.79 Å². The highest BCUT2D eigenvalue weighted by atomic mass is 16.2. The molecular formula is C22H29N3O. The van der Waals surface area contributed by atoms with E-state index in [4.69, 9.17) is 4.99 Å². The Morgan fingerprint density at radius 3 is 2.65 bits per heavy atom. The van der Waals surface area contributed by atoms with E-state index in [1.54, 1.807) is 6.08 Å². The molecule has 1 aromatic carbocycles. The van der Waals surface area contributed by atoms with E-state index in [9.17, 15) is 4.79 Å². The Hall–Kier alpha value is -2.36. The molecule has 4 nitrogen and oxygen atoms in total. The summed E-state index contributed by atoms with van der Waals surface area (Å²) in [6.45, 7) is 13.7. The molecule has 1 amide bonds. The molecule has 26 heavy (non-hydrogen) atoms. The Morgan fingerprint density at radius 2 is 2.04 bits per heavy atom. The van der Waals surface area contributed by atoms with Crippen molar-refractivity contribution in [2.75, 3.05) is 13.1 Å². The number of carbonyl (C=O) groups is 1. The minimum absolute atomic E-state index is 0.00628. The van der Waals surface area contributed by atoms with Crippen LogP contribution >= 0.6 is 0 Å². The molecule has 0 spiro atoms. The lowest BCUT2D eigenvalue weighted by Crippen LogP contribution is -2.35. The van der Waals surface area contributed by atoms with Gasteiger partial charge in [-0.3, -0.25) is 9.79 Å². The van der Waals surface area contributed by atoms with Crippen molar-refractivity contribution in [3.05, 3.63) is 59.8 Å². The van der Waals surface area contributed by atoms with E-state index in [0.717, 1.165) is 29.8 Å². The lowest BCUT2D eigenvalue weighted by atomic mass is 9.93. The van der Waals surface area contributed by atoms with Crippen molar-refractivity contribution in [2.24, 2.45) is 10.9 Å². The third-order valence-electron chi connectivity index (χ3n) is 4.83. The molecular weight excluding hydrogens is 322 g/mol. The molecule has 1 saturated heterocycles. The molecule has 3 rings (SSSR count). The number of amides is 1. The van der Waals surface area contributed by atoms with E-state index >= 15 is 0 Å². The first-order chi connectivity index (χ1) is 12.3. The van der Waals surface area contributed by atoms with Crippen molar-refractivity contribution in [1.82, 2.24) is 10.2 Å². The quantitative estimate of drug-likeness (QED) is 0.818. The van der Waals surface area contributed by atoms with Crippen molar-refractivity contribution in [2.45, 2.75) is 45.7 Å². The van der Waals surface area contributed by atoms with Crippen LogP contribution in [0.3, 0.4) is 0 Å². The summed E-state index contributed by atoms with van der Waals surface area (Å²) in [5.74, 6) is 0.499. The third-order valence-corrected chi connectivity index (χ3v) is 4.83. The number of carbonyl (C=O) groups excluding carboxylic acids is 1. The summed E-state index contributed by atoms with van der Waals surface area (Å²) >= 11 is 0. The van der Waals surface area contributed by atoms with Crippen LogP contribution in [0.5, 0.6) is 0 Å². The molecule has 4 heteroatoms. The van der Waals surface area contributed by atoms with Gasteiger partial charge in [-0.1, -0.05) is 50.3 Å². The largest absolute Gasteiger partial charge is 0.386 e. The van der Waals surface area contributed by atoms with Crippen molar-refractivity contribution in [3.63, 3.8) is 0 Å². The number of nitrogens with one attached hydrogen (secondary N) is 1. The van der Waals surface area contributed by atoms with Crippen LogP contribution in [0.1, 0.15) is 45.7 Å². The Balaban J connectivity index is 2.22. The number of likely N-dealkylation sites (tertiary alicyclic amines) is 1. The second-order valence-corrected chi connectivity index (χ2v) is 8.18. The van der Waals surface area contributed by atoms with Gasteiger partial charge in [0.1, 0.15) is 5.71 Å². The monoisotopic (exact) mass is 351 g/mol. The van der Waals surface area contributed by atoms with Crippen molar-refractivity contribution in [3.8, 4) is 0 Å². The molecule has 138 valence electrons. The second-order valence-electron chi connectivity index (χ2n) is 8.18. The average molecular weight is 351 g/mol. The highest BCUT2D eigenvalue weighted by Gasteiger charge is 2.45. The van der Waals surface area contributed by atoms with E-state index in [1.807, 2.05) is 23.1 Å². The van der Waals surface area contributed by atoms with Crippen LogP contribution in [0.4, 0.5) is 0 Å². The molecule has 1 aromatic rings. The highest BCUT2D eigenvalue weighted by Crippen LogP contribution is 2.40. The van der Waals surface area contributed by atoms with Crippen LogP contribution in [-0.2, 0) is 4.79 Å². The van der Waals surface area contributed by atoms with Crippen molar-refractivity contribution >= 4 is 11.6 Å². The van der Waals surface area contributed by atoms with Crippen LogP contribution in [0.15, 0.2) is 59.2 Å². The molecule has 1 N–H and O–H groups in total. The van der Waals surface area contributed by atoms with Gasteiger partial charge in [-0.2, -0.15) is 0 Å². The number of allylic oxidation sites excluding steroid dienone is 1. The number of nitrogens with zero attached hydrogens (tertiary/aromatic N) is 2. The number of rotatable bonds is 5. The van der Waals surface area contributed by atoms with Gasteiger partial charge < -0.3 is 10.2 Å². The predicted molar refractivity (Wildman–Crippen MR) is 107 cm³/mol. The fourth-order valence-electron chi connectivity index (χ4n) is 3.73. The van der Waals surface area contributed by atoms with Crippen molar-refractivity contribution in [1.29, 1.82) is 0 Å². The van der Waals surface area contributed by atoms with Crippen LogP contribution in [0.2, 0.25) is 0 Å². The Morgan fingerprint density at radius 1 is 1.35 bits per heavy atom. The number of fused-ring (bicyclic) bond motifs is 1. The fraction of sp³-hybridized carbons (Fsp3) is 0.455. The summed E-state index contributed by atoms with van der Waals surface area (Å²) in [6.07, 6.45) is 2.70. The lowest BCUT2D eigenvalue weighted by Gasteiger charge is -2.27. The summed E-state index contributed by atoms with van der Waals surface area (Å²) < 4.78 is 0. The van der Waals surface area contributed by atoms with E-state index in [1.165, 1.54) is 0 Å². The first-order valence-electron chi connectivity index (χ1n) is 9.38. The van der Waals surface area contributed by atoms with Gasteiger partial charge in [0, 0.05) is 24.4 Å². The normalized spacial score (nSPS) is 22.0. The molecule has 0 bridgehead atoms. The molecule has 0 saturated carbocycles. The maximum atomic E-state index is 13.3. The van der Waals surface area contributed by atoms with Gasteiger partial charge in [-0.05, 0) is 31.7 Å². The molecule has 1 fully saturated rings. The zero-order valence-electron chi connectivity index (χ0n) is 16.2.